The molecule has 106 valence electrons. The minimum atomic E-state index is -3.22. The average molecular weight is 282 g/mol. The Hall–Kier alpha value is -1.07. The van der Waals surface area contributed by atoms with Gasteiger partial charge in [-0.2, -0.15) is 0 Å². The van der Waals surface area contributed by atoms with Crippen LogP contribution >= 0.6 is 0 Å². The van der Waals surface area contributed by atoms with Crippen LogP contribution in [0, 0.1) is 5.92 Å². The second-order valence-corrected chi connectivity index (χ2v) is 7.31. The van der Waals surface area contributed by atoms with Gasteiger partial charge in [0.2, 0.25) is 10.0 Å². The molecule has 0 aliphatic carbocycles. The zero-order chi connectivity index (χ0) is 13.9. The minimum absolute atomic E-state index is 0.411. The van der Waals surface area contributed by atoms with Crippen molar-refractivity contribution >= 4 is 15.7 Å². The van der Waals surface area contributed by atoms with Crippen LogP contribution in [0.2, 0.25) is 0 Å². The van der Waals surface area contributed by atoms with Crippen LogP contribution in [-0.2, 0) is 10.0 Å². The molecule has 1 aliphatic heterocycles. The van der Waals surface area contributed by atoms with E-state index in [1.807, 2.05) is 30.3 Å². The number of anilines is 1. The summed E-state index contributed by atoms with van der Waals surface area (Å²) in [6.07, 6.45) is 3.53. The van der Waals surface area contributed by atoms with Crippen molar-refractivity contribution in [3.8, 4) is 0 Å². The number of piperidine rings is 1. The number of hydrogen-bond acceptors (Lipinski definition) is 3. The molecule has 4 nitrogen and oxygen atoms in total. The smallest absolute Gasteiger partial charge is 0.232 e. The molecule has 1 atom stereocenters. The van der Waals surface area contributed by atoms with Gasteiger partial charge in [0.05, 0.1) is 11.9 Å². The highest BCUT2D eigenvalue weighted by Gasteiger charge is 2.24. The maximum Gasteiger partial charge on any atom is 0.232 e. The number of sulfonamides is 1. The highest BCUT2D eigenvalue weighted by Crippen LogP contribution is 2.22. The van der Waals surface area contributed by atoms with Crippen molar-refractivity contribution in [3.63, 3.8) is 0 Å². The topological polar surface area (TPSA) is 40.6 Å². The summed E-state index contributed by atoms with van der Waals surface area (Å²) >= 11 is 0. The first-order valence-electron chi connectivity index (χ1n) is 6.68. The number of likely N-dealkylation sites (tertiary alicyclic amines) is 1. The molecule has 0 spiro atoms. The zero-order valence-corrected chi connectivity index (χ0v) is 12.4. The van der Waals surface area contributed by atoms with Crippen LogP contribution in [0.1, 0.15) is 12.8 Å². The first kappa shape index (κ1) is 14.3. The molecule has 1 aromatic rings. The molecular weight excluding hydrogens is 260 g/mol. The monoisotopic (exact) mass is 282 g/mol. The number of benzene rings is 1. The lowest BCUT2D eigenvalue weighted by atomic mass is 9.98. The zero-order valence-electron chi connectivity index (χ0n) is 11.6. The lowest BCUT2D eigenvalue weighted by Gasteiger charge is -2.33. The molecule has 19 heavy (non-hydrogen) atoms. The van der Waals surface area contributed by atoms with E-state index in [1.165, 1.54) is 10.6 Å². The maximum absolute atomic E-state index is 12.0. The van der Waals surface area contributed by atoms with Crippen molar-refractivity contribution in [2.75, 3.05) is 37.2 Å². The summed E-state index contributed by atoms with van der Waals surface area (Å²) in [4.78, 5) is 2.28. The van der Waals surface area contributed by atoms with Crippen molar-refractivity contribution < 1.29 is 8.42 Å². The fourth-order valence-corrected chi connectivity index (χ4v) is 3.67. The fraction of sp³-hybridized carbons (Fsp3) is 0.571. The Morgan fingerprint density at radius 2 is 2.00 bits per heavy atom. The summed E-state index contributed by atoms with van der Waals surface area (Å²) in [5, 5.41) is 0. The van der Waals surface area contributed by atoms with E-state index in [2.05, 4.69) is 11.9 Å². The summed E-state index contributed by atoms with van der Waals surface area (Å²) < 4.78 is 25.5. The van der Waals surface area contributed by atoms with Crippen molar-refractivity contribution in [2.24, 2.45) is 5.92 Å². The van der Waals surface area contributed by atoms with E-state index >= 15 is 0 Å². The van der Waals surface area contributed by atoms with E-state index < -0.39 is 10.0 Å². The number of para-hydroxylation sites is 1. The largest absolute Gasteiger partial charge is 0.306 e. The van der Waals surface area contributed by atoms with E-state index in [1.54, 1.807) is 0 Å². The fourth-order valence-electron chi connectivity index (χ4n) is 2.68. The van der Waals surface area contributed by atoms with E-state index in [0.717, 1.165) is 31.6 Å². The van der Waals surface area contributed by atoms with Crippen LogP contribution in [0.3, 0.4) is 0 Å². The van der Waals surface area contributed by atoms with E-state index in [9.17, 15) is 8.42 Å². The average Bonchev–Trinajstić information content (AvgIpc) is 2.36. The van der Waals surface area contributed by atoms with Gasteiger partial charge in [0, 0.05) is 13.1 Å². The van der Waals surface area contributed by atoms with Crippen molar-refractivity contribution in [3.05, 3.63) is 30.3 Å². The van der Waals surface area contributed by atoms with Crippen LogP contribution in [0.25, 0.3) is 0 Å². The molecule has 1 unspecified atom stereocenters. The van der Waals surface area contributed by atoms with Gasteiger partial charge in [-0.3, -0.25) is 4.31 Å². The summed E-state index contributed by atoms with van der Waals surface area (Å²) in [7, 11) is -1.12. The summed E-state index contributed by atoms with van der Waals surface area (Å²) in [5.41, 5.74) is 0.762. The van der Waals surface area contributed by atoms with Gasteiger partial charge in [0.25, 0.3) is 0 Å². The second kappa shape index (κ2) is 5.92. The molecule has 1 fully saturated rings. The Bertz CT molecular complexity index is 501. The molecule has 1 aliphatic rings. The Kier molecular flexibility index (Phi) is 4.47. The number of rotatable bonds is 4. The van der Waals surface area contributed by atoms with Gasteiger partial charge in [-0.05, 0) is 44.5 Å². The molecule has 0 radical (unpaired) electrons. The van der Waals surface area contributed by atoms with Gasteiger partial charge in [0.1, 0.15) is 0 Å². The van der Waals surface area contributed by atoms with E-state index in [4.69, 9.17) is 0 Å². The molecule has 2 rings (SSSR count). The summed E-state index contributed by atoms with van der Waals surface area (Å²) in [6.45, 7) is 2.66. The van der Waals surface area contributed by atoms with Gasteiger partial charge >= 0.3 is 0 Å². The van der Waals surface area contributed by atoms with Gasteiger partial charge in [-0.1, -0.05) is 18.2 Å². The Morgan fingerprint density at radius 1 is 1.32 bits per heavy atom. The molecule has 1 aromatic carbocycles. The molecule has 0 bridgehead atoms. The SMILES string of the molecule is CN1CCCC(CN(c2ccccc2)S(C)(=O)=O)C1. The third kappa shape index (κ3) is 3.94. The molecule has 1 heterocycles. The Morgan fingerprint density at radius 3 is 2.58 bits per heavy atom. The van der Waals surface area contributed by atoms with Crippen molar-refractivity contribution in [1.82, 2.24) is 4.90 Å². The van der Waals surface area contributed by atoms with Crippen LogP contribution in [-0.4, -0.2) is 46.3 Å². The lowest BCUT2D eigenvalue weighted by molar-refractivity contribution is 0.215. The molecule has 0 saturated carbocycles. The van der Waals surface area contributed by atoms with E-state index in [0.29, 0.717) is 12.5 Å². The normalized spacial score (nSPS) is 21.3. The van der Waals surface area contributed by atoms with Crippen molar-refractivity contribution in [2.45, 2.75) is 12.8 Å². The third-order valence-corrected chi connectivity index (χ3v) is 4.75. The highest BCUT2D eigenvalue weighted by atomic mass is 32.2. The van der Waals surface area contributed by atoms with Gasteiger partial charge in [-0.25, -0.2) is 8.42 Å². The summed E-state index contributed by atoms with van der Waals surface area (Å²) in [6, 6.07) is 9.36. The third-order valence-electron chi connectivity index (χ3n) is 3.59. The second-order valence-electron chi connectivity index (χ2n) is 5.40. The molecule has 0 aromatic heterocycles. The predicted octanol–water partition coefficient (Wildman–Crippen LogP) is 1.79. The van der Waals surface area contributed by atoms with E-state index in [-0.39, 0.29) is 0 Å². The quantitative estimate of drug-likeness (QED) is 0.845. The van der Waals surface area contributed by atoms with Crippen LogP contribution in [0.4, 0.5) is 5.69 Å². The van der Waals surface area contributed by atoms with Gasteiger partial charge in [0.15, 0.2) is 0 Å². The first-order chi connectivity index (χ1) is 8.97. The number of hydrogen-bond donors (Lipinski definition) is 0. The highest BCUT2D eigenvalue weighted by molar-refractivity contribution is 7.92. The molecular formula is C14H22N2O2S. The lowest BCUT2D eigenvalue weighted by Crippen LogP contribution is -2.41. The molecule has 0 N–H and O–H groups in total. The van der Waals surface area contributed by atoms with Crippen LogP contribution in [0.15, 0.2) is 30.3 Å². The summed E-state index contributed by atoms with van der Waals surface area (Å²) in [5.74, 6) is 0.411. The Balaban J connectivity index is 2.16. The van der Waals surface area contributed by atoms with Crippen LogP contribution < -0.4 is 4.31 Å². The predicted molar refractivity (Wildman–Crippen MR) is 78.9 cm³/mol. The minimum Gasteiger partial charge on any atom is -0.306 e. The first-order valence-corrected chi connectivity index (χ1v) is 8.53. The molecule has 5 heteroatoms. The maximum atomic E-state index is 12.0. The van der Waals surface area contributed by atoms with Gasteiger partial charge in [-0.15, -0.1) is 0 Å². The number of nitrogens with zero attached hydrogens (tertiary/aromatic N) is 2. The van der Waals surface area contributed by atoms with Crippen LogP contribution in [0.5, 0.6) is 0 Å². The molecule has 1 saturated heterocycles. The van der Waals surface area contributed by atoms with Crippen molar-refractivity contribution in [1.29, 1.82) is 0 Å². The molecule has 0 amide bonds. The standard InChI is InChI=1S/C14H22N2O2S/c1-15-10-6-7-13(11-15)12-16(19(2,17)18)14-8-4-3-5-9-14/h3-5,8-9,13H,6-7,10-12H2,1-2H3. The van der Waals surface area contributed by atoms with Gasteiger partial charge < -0.3 is 4.90 Å². The Labute approximate surface area is 116 Å².